The Hall–Kier alpha value is -0.900. The zero-order valence-corrected chi connectivity index (χ0v) is 14.1. The van der Waals surface area contributed by atoms with Gasteiger partial charge in [0.1, 0.15) is 0 Å². The molecule has 1 aliphatic rings. The predicted octanol–water partition coefficient (Wildman–Crippen LogP) is 2.71. The first-order valence-corrected chi connectivity index (χ1v) is 8.28. The number of nitrogens with zero attached hydrogens (tertiary/aromatic N) is 2. The van der Waals surface area contributed by atoms with Crippen molar-refractivity contribution in [2.24, 2.45) is 0 Å². The molecule has 1 saturated carbocycles. The van der Waals surface area contributed by atoms with Crippen LogP contribution in [0.25, 0.3) is 0 Å². The van der Waals surface area contributed by atoms with Crippen molar-refractivity contribution in [1.29, 1.82) is 0 Å². The molecule has 118 valence electrons. The highest BCUT2D eigenvalue weighted by molar-refractivity contribution is 5.23. The molecule has 1 fully saturated rings. The summed E-state index contributed by atoms with van der Waals surface area (Å²) in [5, 5.41) is 3.60. The summed E-state index contributed by atoms with van der Waals surface area (Å²) in [6.07, 6.45) is 2.71. The average Bonchev–Trinajstić information content (AvgIpc) is 3.26. The molecular weight excluding hydrogens is 258 g/mol. The van der Waals surface area contributed by atoms with Crippen molar-refractivity contribution in [2.45, 2.75) is 51.9 Å². The molecule has 0 saturated heterocycles. The third kappa shape index (κ3) is 5.77. The van der Waals surface area contributed by atoms with E-state index in [2.05, 4.69) is 67.3 Å². The topological polar surface area (TPSA) is 18.5 Å². The third-order valence-corrected chi connectivity index (χ3v) is 4.21. The normalized spacial score (nSPS) is 16.7. The Morgan fingerprint density at radius 2 is 1.95 bits per heavy atom. The fourth-order valence-electron chi connectivity index (χ4n) is 2.85. The van der Waals surface area contributed by atoms with Crippen LogP contribution in [0.2, 0.25) is 0 Å². The number of hydrogen-bond donors (Lipinski definition) is 1. The van der Waals surface area contributed by atoms with Crippen LogP contribution >= 0.6 is 0 Å². The third-order valence-electron chi connectivity index (χ3n) is 4.21. The van der Waals surface area contributed by atoms with Gasteiger partial charge in [-0.1, -0.05) is 31.2 Å². The van der Waals surface area contributed by atoms with E-state index in [0.29, 0.717) is 6.04 Å². The molecule has 1 aromatic rings. The second-order valence-electron chi connectivity index (χ2n) is 6.65. The summed E-state index contributed by atoms with van der Waals surface area (Å²) in [4.78, 5) is 4.82. The van der Waals surface area contributed by atoms with E-state index in [-0.39, 0.29) is 0 Å². The molecule has 3 heteroatoms. The van der Waals surface area contributed by atoms with E-state index >= 15 is 0 Å². The summed E-state index contributed by atoms with van der Waals surface area (Å²) in [5.41, 5.74) is 2.84. The molecule has 0 spiro atoms. The quantitative estimate of drug-likeness (QED) is 0.754. The number of rotatable bonds is 9. The molecule has 0 amide bonds. The Kier molecular flexibility index (Phi) is 6.22. The standard InChI is InChI=1S/C18H31N3/c1-5-21(15(2)13-20(3)4)14-17-8-6-7-16(11-17)12-19-18-9-10-18/h6-8,11,15,18-19H,5,9-10,12-14H2,1-4H3. The van der Waals surface area contributed by atoms with Crippen LogP contribution in [0.15, 0.2) is 24.3 Å². The van der Waals surface area contributed by atoms with Gasteiger partial charge in [0.2, 0.25) is 0 Å². The molecule has 1 N–H and O–H groups in total. The van der Waals surface area contributed by atoms with Crippen LogP contribution in [0.3, 0.4) is 0 Å². The van der Waals surface area contributed by atoms with Crippen molar-refractivity contribution in [2.75, 3.05) is 27.2 Å². The summed E-state index contributed by atoms with van der Waals surface area (Å²) in [6.45, 7) is 8.84. The van der Waals surface area contributed by atoms with Gasteiger partial charge in [0.25, 0.3) is 0 Å². The Bertz CT molecular complexity index is 426. The molecule has 0 heterocycles. The van der Waals surface area contributed by atoms with Gasteiger partial charge >= 0.3 is 0 Å². The average molecular weight is 289 g/mol. The zero-order valence-electron chi connectivity index (χ0n) is 14.1. The van der Waals surface area contributed by atoms with Gasteiger partial charge in [-0.2, -0.15) is 0 Å². The summed E-state index contributed by atoms with van der Waals surface area (Å²) in [6, 6.07) is 10.4. The highest BCUT2D eigenvalue weighted by Gasteiger charge is 2.20. The number of hydrogen-bond acceptors (Lipinski definition) is 3. The predicted molar refractivity (Wildman–Crippen MR) is 90.4 cm³/mol. The van der Waals surface area contributed by atoms with E-state index < -0.39 is 0 Å². The molecule has 1 aliphatic carbocycles. The van der Waals surface area contributed by atoms with Gasteiger partial charge in [0.15, 0.2) is 0 Å². The van der Waals surface area contributed by atoms with E-state index in [0.717, 1.165) is 32.2 Å². The van der Waals surface area contributed by atoms with E-state index in [9.17, 15) is 0 Å². The molecule has 0 aromatic heterocycles. The lowest BCUT2D eigenvalue weighted by Crippen LogP contribution is -2.39. The summed E-state index contributed by atoms with van der Waals surface area (Å²) < 4.78 is 0. The second kappa shape index (κ2) is 7.92. The van der Waals surface area contributed by atoms with Crippen LogP contribution in [0, 0.1) is 0 Å². The number of likely N-dealkylation sites (N-methyl/N-ethyl adjacent to an activating group) is 2. The Morgan fingerprint density at radius 3 is 2.57 bits per heavy atom. The SMILES string of the molecule is CCN(Cc1cccc(CNC2CC2)c1)C(C)CN(C)C. The van der Waals surface area contributed by atoms with Crippen molar-refractivity contribution in [3.63, 3.8) is 0 Å². The molecule has 1 atom stereocenters. The smallest absolute Gasteiger partial charge is 0.0237 e. The maximum atomic E-state index is 3.60. The minimum atomic E-state index is 0.582. The first-order chi connectivity index (χ1) is 10.1. The minimum Gasteiger partial charge on any atom is -0.310 e. The molecule has 2 rings (SSSR count). The van der Waals surface area contributed by atoms with Gasteiger partial charge in [-0.05, 0) is 51.5 Å². The van der Waals surface area contributed by atoms with Crippen LogP contribution in [0.4, 0.5) is 0 Å². The number of nitrogens with one attached hydrogen (secondary N) is 1. The van der Waals surface area contributed by atoms with Crippen LogP contribution in [-0.4, -0.2) is 49.1 Å². The lowest BCUT2D eigenvalue weighted by molar-refractivity contribution is 0.174. The minimum absolute atomic E-state index is 0.582. The van der Waals surface area contributed by atoms with Gasteiger partial charge in [-0.3, -0.25) is 4.90 Å². The van der Waals surface area contributed by atoms with Crippen molar-refractivity contribution >= 4 is 0 Å². The van der Waals surface area contributed by atoms with Crippen molar-refractivity contribution in [1.82, 2.24) is 15.1 Å². The van der Waals surface area contributed by atoms with E-state index in [1.807, 2.05) is 0 Å². The fourth-order valence-corrected chi connectivity index (χ4v) is 2.85. The van der Waals surface area contributed by atoms with Gasteiger partial charge in [-0.25, -0.2) is 0 Å². The Morgan fingerprint density at radius 1 is 1.24 bits per heavy atom. The van der Waals surface area contributed by atoms with Crippen molar-refractivity contribution in [3.05, 3.63) is 35.4 Å². The number of benzene rings is 1. The van der Waals surface area contributed by atoms with Crippen LogP contribution in [0.5, 0.6) is 0 Å². The van der Waals surface area contributed by atoms with E-state index in [4.69, 9.17) is 0 Å². The zero-order chi connectivity index (χ0) is 15.2. The molecule has 0 radical (unpaired) electrons. The largest absolute Gasteiger partial charge is 0.310 e. The lowest BCUT2D eigenvalue weighted by atomic mass is 10.1. The summed E-state index contributed by atoms with van der Waals surface area (Å²) in [5.74, 6) is 0. The molecule has 0 bridgehead atoms. The van der Waals surface area contributed by atoms with Crippen LogP contribution in [-0.2, 0) is 13.1 Å². The molecule has 1 aromatic carbocycles. The first kappa shape index (κ1) is 16.5. The Labute approximate surface area is 130 Å². The van der Waals surface area contributed by atoms with Crippen molar-refractivity contribution in [3.8, 4) is 0 Å². The monoisotopic (exact) mass is 289 g/mol. The van der Waals surface area contributed by atoms with E-state index in [1.54, 1.807) is 0 Å². The fraction of sp³-hybridized carbons (Fsp3) is 0.667. The molecule has 0 aliphatic heterocycles. The van der Waals surface area contributed by atoms with Gasteiger partial charge in [0.05, 0.1) is 0 Å². The summed E-state index contributed by atoms with van der Waals surface area (Å²) >= 11 is 0. The van der Waals surface area contributed by atoms with Gasteiger partial charge in [-0.15, -0.1) is 0 Å². The second-order valence-corrected chi connectivity index (χ2v) is 6.65. The van der Waals surface area contributed by atoms with Crippen molar-refractivity contribution < 1.29 is 0 Å². The molecular formula is C18H31N3. The van der Waals surface area contributed by atoms with Crippen LogP contribution < -0.4 is 5.32 Å². The molecule has 21 heavy (non-hydrogen) atoms. The highest BCUT2D eigenvalue weighted by Crippen LogP contribution is 2.19. The lowest BCUT2D eigenvalue weighted by Gasteiger charge is -2.30. The maximum Gasteiger partial charge on any atom is 0.0237 e. The maximum absolute atomic E-state index is 3.60. The first-order valence-electron chi connectivity index (χ1n) is 8.28. The van der Waals surface area contributed by atoms with E-state index in [1.165, 1.54) is 24.0 Å². The molecule has 3 nitrogen and oxygen atoms in total. The van der Waals surface area contributed by atoms with Gasteiger partial charge in [0, 0.05) is 31.7 Å². The Balaban J connectivity index is 1.91. The highest BCUT2D eigenvalue weighted by atomic mass is 15.2. The summed E-state index contributed by atoms with van der Waals surface area (Å²) in [7, 11) is 4.29. The van der Waals surface area contributed by atoms with Crippen LogP contribution in [0.1, 0.15) is 37.8 Å². The van der Waals surface area contributed by atoms with Gasteiger partial charge < -0.3 is 10.2 Å². The molecule has 1 unspecified atom stereocenters.